The summed E-state index contributed by atoms with van der Waals surface area (Å²) < 4.78 is 24.5. The molecule has 3 unspecified atom stereocenters. The zero-order valence-corrected chi connectivity index (χ0v) is 28.7. The molecule has 1 saturated heterocycles. The summed E-state index contributed by atoms with van der Waals surface area (Å²) in [6.45, 7) is 11.8. The molecule has 1 aromatic heterocycles. The van der Waals surface area contributed by atoms with Crippen LogP contribution < -0.4 is 0 Å². The van der Waals surface area contributed by atoms with E-state index in [9.17, 15) is 0 Å². The van der Waals surface area contributed by atoms with Crippen LogP contribution >= 0.6 is 0 Å². The van der Waals surface area contributed by atoms with Crippen LogP contribution in [-0.2, 0) is 11.2 Å². The minimum atomic E-state index is -0.165. The van der Waals surface area contributed by atoms with Crippen LogP contribution in [0, 0.1) is 5.82 Å². The van der Waals surface area contributed by atoms with Gasteiger partial charge in [0, 0.05) is 17.4 Å². The van der Waals surface area contributed by atoms with Gasteiger partial charge in [0.1, 0.15) is 5.82 Å². The first-order valence-corrected chi connectivity index (χ1v) is 17.4. The number of nitrogens with zero attached hydrogens (tertiary/aromatic N) is 2. The maximum Gasteiger partial charge on any atom is 0.131 e. The van der Waals surface area contributed by atoms with Gasteiger partial charge in [0.2, 0.25) is 0 Å². The Bertz CT molecular complexity index is 2030. The molecule has 48 heavy (non-hydrogen) atoms. The lowest BCUT2D eigenvalue weighted by atomic mass is 9.85. The average molecular weight is 637 g/mol. The van der Waals surface area contributed by atoms with Gasteiger partial charge in [-0.25, -0.2) is 4.39 Å². The summed E-state index contributed by atoms with van der Waals surface area (Å²) in [7, 11) is 0. The van der Waals surface area contributed by atoms with E-state index in [1.54, 1.807) is 6.07 Å². The molecule has 0 saturated carbocycles. The number of ether oxygens (including phenoxy) is 1. The molecule has 1 fully saturated rings. The number of hydrogen-bond donors (Lipinski definition) is 0. The van der Waals surface area contributed by atoms with E-state index in [2.05, 4.69) is 112 Å². The molecule has 5 aromatic carbocycles. The minimum Gasteiger partial charge on any atom is -0.371 e. The third-order valence-electron chi connectivity index (χ3n) is 10.1. The third kappa shape index (κ3) is 6.22. The van der Waals surface area contributed by atoms with Crippen molar-refractivity contribution in [3.05, 3.63) is 149 Å². The monoisotopic (exact) mass is 636 g/mol. The van der Waals surface area contributed by atoms with Gasteiger partial charge in [0.05, 0.1) is 30.5 Å². The van der Waals surface area contributed by atoms with E-state index in [1.807, 2.05) is 36.5 Å². The van der Waals surface area contributed by atoms with E-state index in [4.69, 9.17) is 9.84 Å². The van der Waals surface area contributed by atoms with Crippen LogP contribution in [0.3, 0.4) is 0 Å². The molecule has 0 bridgehead atoms. The van der Waals surface area contributed by atoms with Gasteiger partial charge in [-0.3, -0.25) is 4.68 Å². The van der Waals surface area contributed by atoms with Gasteiger partial charge in [-0.2, -0.15) is 5.10 Å². The molecule has 0 aliphatic carbocycles. The molecule has 0 amide bonds. The van der Waals surface area contributed by atoms with Crippen molar-refractivity contribution in [3.63, 3.8) is 0 Å². The highest BCUT2D eigenvalue weighted by molar-refractivity contribution is 5.83. The van der Waals surface area contributed by atoms with E-state index in [0.29, 0.717) is 18.1 Å². The van der Waals surface area contributed by atoms with E-state index in [0.717, 1.165) is 34.9 Å². The highest BCUT2D eigenvalue weighted by atomic mass is 19.1. The normalized spacial score (nSPS) is 17.1. The first-order chi connectivity index (χ1) is 23.3. The fourth-order valence-electron chi connectivity index (χ4n) is 7.62. The van der Waals surface area contributed by atoms with Crippen molar-refractivity contribution >= 4 is 10.9 Å². The predicted molar refractivity (Wildman–Crippen MR) is 196 cm³/mol. The highest BCUT2D eigenvalue weighted by Crippen LogP contribution is 2.42. The SMILES string of the molecule is CC(C)c1cc(-c2ccccc2)c(F)cc1CC(C)c1cccc2cnn(C3COC(c4cc(-c5ccccc5)ccc4C(C)C)C3)c12. The molecule has 244 valence electrons. The Balaban J connectivity index is 1.19. The standard InChI is InChI=1S/C44H45FN2O/c1-28(2)37-20-19-33(31-13-8-6-9-14-31)22-41(37)43-24-36(27-48-43)47-44-34(26-46-47)17-12-18-38(44)30(5)21-35-23-42(45)40(25-39(35)29(3)4)32-15-10-7-11-16-32/h6-20,22-23,25-26,28-30,36,43H,21,24,27H2,1-5H3. The molecule has 1 aliphatic rings. The van der Waals surface area contributed by atoms with Crippen molar-refractivity contribution in [1.29, 1.82) is 0 Å². The van der Waals surface area contributed by atoms with E-state index in [-0.39, 0.29) is 29.8 Å². The van der Waals surface area contributed by atoms with Gasteiger partial charge >= 0.3 is 0 Å². The molecular weight excluding hydrogens is 591 g/mol. The number of hydrogen-bond acceptors (Lipinski definition) is 2. The van der Waals surface area contributed by atoms with Crippen LogP contribution in [0.5, 0.6) is 0 Å². The quantitative estimate of drug-likeness (QED) is 0.158. The third-order valence-corrected chi connectivity index (χ3v) is 10.1. The zero-order valence-electron chi connectivity index (χ0n) is 28.7. The number of fused-ring (bicyclic) bond motifs is 1. The van der Waals surface area contributed by atoms with Gasteiger partial charge in [-0.15, -0.1) is 0 Å². The van der Waals surface area contributed by atoms with Crippen molar-refractivity contribution < 1.29 is 9.13 Å². The van der Waals surface area contributed by atoms with Crippen molar-refractivity contribution in [2.24, 2.45) is 0 Å². The molecule has 0 N–H and O–H groups in total. The maximum atomic E-state index is 15.7. The zero-order chi connectivity index (χ0) is 33.4. The summed E-state index contributed by atoms with van der Waals surface area (Å²) in [6, 6.07) is 37.7. The van der Waals surface area contributed by atoms with Crippen LogP contribution in [0.25, 0.3) is 33.2 Å². The smallest absolute Gasteiger partial charge is 0.131 e. The molecule has 2 heterocycles. The fraction of sp³-hybridized carbons (Fsp3) is 0.295. The van der Waals surface area contributed by atoms with Gasteiger partial charge in [-0.1, -0.05) is 126 Å². The Morgan fingerprint density at radius 2 is 1.44 bits per heavy atom. The number of benzene rings is 5. The molecule has 4 heteroatoms. The highest BCUT2D eigenvalue weighted by Gasteiger charge is 2.32. The van der Waals surface area contributed by atoms with Gasteiger partial charge in [0.25, 0.3) is 0 Å². The van der Waals surface area contributed by atoms with Crippen LogP contribution in [0.15, 0.2) is 115 Å². The molecule has 6 aromatic rings. The fourth-order valence-corrected chi connectivity index (χ4v) is 7.62. The summed E-state index contributed by atoms with van der Waals surface area (Å²) >= 11 is 0. The average Bonchev–Trinajstić information content (AvgIpc) is 3.76. The topological polar surface area (TPSA) is 27.1 Å². The number of para-hydroxylation sites is 1. The number of halogens is 1. The Morgan fingerprint density at radius 1 is 0.729 bits per heavy atom. The molecule has 0 radical (unpaired) electrons. The number of rotatable bonds is 9. The van der Waals surface area contributed by atoms with Crippen molar-refractivity contribution in [1.82, 2.24) is 9.78 Å². The van der Waals surface area contributed by atoms with Crippen LogP contribution in [-0.4, -0.2) is 16.4 Å². The second-order valence-corrected chi connectivity index (χ2v) is 14.1. The van der Waals surface area contributed by atoms with Crippen LogP contribution in [0.4, 0.5) is 4.39 Å². The summed E-state index contributed by atoms with van der Waals surface area (Å²) in [6.07, 6.45) is 3.60. The molecule has 3 atom stereocenters. The van der Waals surface area contributed by atoms with E-state index < -0.39 is 0 Å². The Hall–Kier alpha value is -4.54. The summed E-state index contributed by atoms with van der Waals surface area (Å²) in [4.78, 5) is 0. The van der Waals surface area contributed by atoms with Crippen molar-refractivity contribution in [2.75, 3.05) is 6.61 Å². The molecular formula is C44H45FN2O. The molecule has 3 nitrogen and oxygen atoms in total. The summed E-state index contributed by atoms with van der Waals surface area (Å²) in [5.41, 5.74) is 11.3. The Morgan fingerprint density at radius 3 is 2.15 bits per heavy atom. The first-order valence-electron chi connectivity index (χ1n) is 17.4. The van der Waals surface area contributed by atoms with E-state index >= 15 is 4.39 Å². The largest absolute Gasteiger partial charge is 0.371 e. The van der Waals surface area contributed by atoms with Gasteiger partial charge in [0.15, 0.2) is 0 Å². The summed E-state index contributed by atoms with van der Waals surface area (Å²) in [5.74, 6) is 0.673. The Kier molecular flexibility index (Phi) is 9.02. The molecule has 1 aliphatic heterocycles. The lowest BCUT2D eigenvalue weighted by molar-refractivity contribution is 0.106. The minimum absolute atomic E-state index is 0.000368. The summed E-state index contributed by atoms with van der Waals surface area (Å²) in [5, 5.41) is 6.09. The predicted octanol–water partition coefficient (Wildman–Crippen LogP) is 11.8. The second kappa shape index (κ2) is 13.5. The van der Waals surface area contributed by atoms with Gasteiger partial charge < -0.3 is 4.74 Å². The van der Waals surface area contributed by atoms with Crippen LogP contribution in [0.2, 0.25) is 0 Å². The van der Waals surface area contributed by atoms with Crippen molar-refractivity contribution in [2.45, 2.75) is 77.4 Å². The molecule has 0 spiro atoms. The number of aromatic nitrogens is 2. The Labute approximate surface area is 284 Å². The lowest BCUT2D eigenvalue weighted by Gasteiger charge is -2.21. The molecule has 7 rings (SSSR count). The van der Waals surface area contributed by atoms with Gasteiger partial charge in [-0.05, 0) is 86.9 Å². The van der Waals surface area contributed by atoms with Crippen LogP contribution in [0.1, 0.15) is 98.8 Å². The maximum absolute atomic E-state index is 15.7. The lowest BCUT2D eigenvalue weighted by Crippen LogP contribution is -2.13. The van der Waals surface area contributed by atoms with Crippen molar-refractivity contribution in [3.8, 4) is 22.3 Å². The first kappa shape index (κ1) is 32.0. The second-order valence-electron chi connectivity index (χ2n) is 14.1. The van der Waals surface area contributed by atoms with E-state index in [1.165, 1.54) is 33.4 Å².